The fraction of sp³-hybridized carbons (Fsp3) is 0. The van der Waals surface area contributed by atoms with Crippen LogP contribution in [0.2, 0.25) is 0 Å². The van der Waals surface area contributed by atoms with Crippen molar-refractivity contribution in [3.05, 3.63) is 47.9 Å². The van der Waals surface area contributed by atoms with E-state index >= 15 is 0 Å². The minimum Gasteiger partial charge on any atom is -0.243 e. The maximum absolute atomic E-state index is 4.04. The molecule has 0 radical (unpaired) electrons. The van der Waals surface area contributed by atoms with Crippen molar-refractivity contribution in [2.24, 2.45) is 0 Å². The summed E-state index contributed by atoms with van der Waals surface area (Å²) in [5.41, 5.74) is 2.07. The van der Waals surface area contributed by atoms with E-state index in [1.807, 2.05) is 35.3 Å². The first-order valence-corrected chi connectivity index (χ1v) is 6.96. The van der Waals surface area contributed by atoms with Crippen molar-refractivity contribution in [2.45, 2.75) is 0 Å². The van der Waals surface area contributed by atoms with E-state index in [9.17, 15) is 0 Å². The highest BCUT2D eigenvalue weighted by Crippen LogP contribution is 2.15. The summed E-state index contributed by atoms with van der Waals surface area (Å²) in [6.45, 7) is 0. The average molecular weight is 272 g/mol. The Balaban J connectivity index is 0.000000111. The second kappa shape index (κ2) is 5.16. The monoisotopic (exact) mass is 272 g/mol. The van der Waals surface area contributed by atoms with Gasteiger partial charge in [-0.25, -0.2) is 19.9 Å². The van der Waals surface area contributed by atoms with E-state index in [4.69, 9.17) is 0 Å². The van der Waals surface area contributed by atoms with Crippen molar-refractivity contribution in [1.82, 2.24) is 19.9 Å². The van der Waals surface area contributed by atoms with Crippen LogP contribution in [0.4, 0.5) is 0 Å². The summed E-state index contributed by atoms with van der Waals surface area (Å²) < 4.78 is 2.30. The lowest BCUT2D eigenvalue weighted by Crippen LogP contribution is -1.72. The molecule has 0 aromatic carbocycles. The second-order valence-corrected chi connectivity index (χ2v) is 5.28. The van der Waals surface area contributed by atoms with Gasteiger partial charge in [-0.2, -0.15) is 0 Å². The summed E-state index contributed by atoms with van der Waals surface area (Å²) in [7, 11) is 0. The van der Waals surface area contributed by atoms with Crippen LogP contribution in [0.5, 0.6) is 0 Å². The molecule has 0 N–H and O–H groups in total. The molecule has 4 heterocycles. The lowest BCUT2D eigenvalue weighted by molar-refractivity contribution is 1.23. The number of rotatable bonds is 0. The molecule has 0 unspecified atom stereocenters. The maximum atomic E-state index is 4.04. The summed E-state index contributed by atoms with van der Waals surface area (Å²) >= 11 is 3.32. The van der Waals surface area contributed by atoms with Gasteiger partial charge in [0.15, 0.2) is 0 Å². The SMILES string of the molecule is c1ncc2sccc2n1.c1ncc2sccc2n1. The summed E-state index contributed by atoms with van der Waals surface area (Å²) in [5, 5.41) is 4.03. The van der Waals surface area contributed by atoms with Crippen molar-refractivity contribution < 1.29 is 0 Å². The van der Waals surface area contributed by atoms with Gasteiger partial charge in [0.25, 0.3) is 0 Å². The van der Waals surface area contributed by atoms with Gasteiger partial charge in [0, 0.05) is 12.4 Å². The Hall–Kier alpha value is -1.92. The largest absolute Gasteiger partial charge is 0.243 e. The fourth-order valence-corrected chi connectivity index (χ4v) is 2.84. The van der Waals surface area contributed by atoms with Crippen LogP contribution in [0.15, 0.2) is 47.9 Å². The van der Waals surface area contributed by atoms with E-state index in [-0.39, 0.29) is 0 Å². The Morgan fingerprint density at radius 1 is 0.722 bits per heavy atom. The summed E-state index contributed by atoms with van der Waals surface area (Å²) in [6, 6.07) is 3.98. The molecule has 4 aromatic rings. The summed E-state index contributed by atoms with van der Waals surface area (Å²) in [6.07, 6.45) is 6.78. The number of hydrogen-bond acceptors (Lipinski definition) is 6. The smallest absolute Gasteiger partial charge is 0.116 e. The molecule has 4 nitrogen and oxygen atoms in total. The molecule has 0 atom stereocenters. The number of nitrogens with zero attached hydrogens (tertiary/aromatic N) is 4. The van der Waals surface area contributed by atoms with Gasteiger partial charge < -0.3 is 0 Å². The molecule has 6 heteroatoms. The molecule has 88 valence electrons. The van der Waals surface area contributed by atoms with Crippen LogP contribution in [0.3, 0.4) is 0 Å². The normalized spacial score (nSPS) is 10.2. The van der Waals surface area contributed by atoms with Crippen molar-refractivity contribution in [3.63, 3.8) is 0 Å². The molecule has 18 heavy (non-hydrogen) atoms. The van der Waals surface area contributed by atoms with Crippen LogP contribution in [0, 0.1) is 0 Å². The molecular weight excluding hydrogens is 264 g/mol. The highest BCUT2D eigenvalue weighted by Gasteiger charge is 1.91. The molecule has 0 amide bonds. The molecule has 4 rings (SSSR count). The molecule has 0 spiro atoms. The van der Waals surface area contributed by atoms with Gasteiger partial charge in [0.2, 0.25) is 0 Å². The zero-order valence-corrected chi connectivity index (χ0v) is 10.9. The quantitative estimate of drug-likeness (QED) is 0.492. The van der Waals surface area contributed by atoms with Crippen LogP contribution >= 0.6 is 22.7 Å². The molecule has 0 fully saturated rings. The van der Waals surface area contributed by atoms with Crippen LogP contribution in [-0.2, 0) is 0 Å². The van der Waals surface area contributed by atoms with E-state index in [1.165, 1.54) is 0 Å². The predicted octanol–water partition coefficient (Wildman–Crippen LogP) is 3.38. The number of aromatic nitrogens is 4. The molecule has 0 bridgehead atoms. The Bertz CT molecular complexity index is 636. The number of thiophene rings is 2. The summed E-state index contributed by atoms with van der Waals surface area (Å²) in [4.78, 5) is 15.8. The third-order valence-electron chi connectivity index (χ3n) is 2.26. The van der Waals surface area contributed by atoms with E-state index in [1.54, 1.807) is 35.3 Å². The molecule has 0 aliphatic carbocycles. The molecule has 0 saturated heterocycles. The number of hydrogen-bond donors (Lipinski definition) is 0. The Kier molecular flexibility index (Phi) is 3.20. The Labute approximate surface area is 111 Å². The lowest BCUT2D eigenvalue weighted by atomic mass is 10.5. The van der Waals surface area contributed by atoms with Crippen LogP contribution in [0.25, 0.3) is 20.4 Å². The third-order valence-corrected chi connectivity index (χ3v) is 3.94. The van der Waals surface area contributed by atoms with Crippen LogP contribution in [0.1, 0.15) is 0 Å². The highest BCUT2D eigenvalue weighted by atomic mass is 32.1. The summed E-state index contributed by atoms with van der Waals surface area (Å²) in [5.74, 6) is 0. The van der Waals surface area contributed by atoms with Crippen molar-refractivity contribution in [1.29, 1.82) is 0 Å². The van der Waals surface area contributed by atoms with Gasteiger partial charge >= 0.3 is 0 Å². The van der Waals surface area contributed by atoms with Gasteiger partial charge in [-0.15, -0.1) is 22.7 Å². The Morgan fingerprint density at radius 2 is 1.22 bits per heavy atom. The van der Waals surface area contributed by atoms with E-state index in [2.05, 4.69) is 19.9 Å². The first kappa shape index (κ1) is 11.2. The average Bonchev–Trinajstić information content (AvgIpc) is 3.08. The van der Waals surface area contributed by atoms with E-state index in [0.29, 0.717) is 0 Å². The van der Waals surface area contributed by atoms with Crippen molar-refractivity contribution >= 4 is 43.1 Å². The van der Waals surface area contributed by atoms with Gasteiger partial charge in [-0.1, -0.05) is 0 Å². The molecule has 0 aliphatic rings. The minimum atomic E-state index is 1.04. The zero-order chi connectivity index (χ0) is 12.2. The molecule has 0 saturated carbocycles. The van der Waals surface area contributed by atoms with Gasteiger partial charge in [-0.3, -0.25) is 0 Å². The first-order chi connectivity index (χ1) is 8.93. The van der Waals surface area contributed by atoms with Crippen molar-refractivity contribution in [2.75, 3.05) is 0 Å². The fourth-order valence-electron chi connectivity index (χ4n) is 1.43. The molecular formula is C12H8N4S2. The predicted molar refractivity (Wildman–Crippen MR) is 74.8 cm³/mol. The van der Waals surface area contributed by atoms with Crippen molar-refractivity contribution in [3.8, 4) is 0 Å². The maximum Gasteiger partial charge on any atom is 0.116 e. The Morgan fingerprint density at radius 3 is 1.67 bits per heavy atom. The second-order valence-electron chi connectivity index (χ2n) is 3.39. The van der Waals surface area contributed by atoms with Gasteiger partial charge in [-0.05, 0) is 22.9 Å². The topological polar surface area (TPSA) is 51.6 Å². The van der Waals surface area contributed by atoms with E-state index < -0.39 is 0 Å². The third kappa shape index (κ3) is 2.34. The number of fused-ring (bicyclic) bond motifs is 2. The van der Waals surface area contributed by atoms with Gasteiger partial charge in [0.1, 0.15) is 12.7 Å². The lowest BCUT2D eigenvalue weighted by Gasteiger charge is -1.81. The standard InChI is InChI=1S/2C6H4N2S/c2*1-2-9-6-3-7-4-8-5(1)6/h2*1-4H. The minimum absolute atomic E-state index is 1.04. The van der Waals surface area contributed by atoms with Crippen LogP contribution in [-0.4, -0.2) is 19.9 Å². The highest BCUT2D eigenvalue weighted by molar-refractivity contribution is 7.17. The molecule has 4 aromatic heterocycles. The van der Waals surface area contributed by atoms with Gasteiger partial charge in [0.05, 0.1) is 20.4 Å². The first-order valence-electron chi connectivity index (χ1n) is 5.20. The van der Waals surface area contributed by atoms with E-state index in [0.717, 1.165) is 20.4 Å². The van der Waals surface area contributed by atoms with Crippen LogP contribution < -0.4 is 0 Å². The molecule has 0 aliphatic heterocycles. The zero-order valence-electron chi connectivity index (χ0n) is 9.22.